The molecule has 0 saturated carbocycles. The minimum absolute atomic E-state index is 0.122. The molecular weight excluding hydrogens is 224 g/mol. The normalized spacial score (nSPS) is 15.7. The Kier molecular flexibility index (Phi) is 6.22. The third-order valence-electron chi connectivity index (χ3n) is 3.63. The molecule has 98 valence electrons. The smallest absolute Gasteiger partial charge is 0.192 e. The summed E-state index contributed by atoms with van der Waals surface area (Å²) in [6, 6.07) is 0. The second-order valence-corrected chi connectivity index (χ2v) is 10.9. The molecule has 0 fully saturated rings. The predicted molar refractivity (Wildman–Crippen MR) is 79.5 cm³/mol. The summed E-state index contributed by atoms with van der Waals surface area (Å²) in [6.07, 6.45) is 2.93. The summed E-state index contributed by atoms with van der Waals surface area (Å²) in [5, 5.41) is 0.240. The Balaban J connectivity index is 4.69. The molecule has 0 amide bonds. The second-order valence-electron chi connectivity index (χ2n) is 6.19. The van der Waals surface area contributed by atoms with Crippen LogP contribution in [0.1, 0.15) is 41.0 Å². The minimum atomic E-state index is -1.71. The SMILES string of the molecule is C=CC(O[Si](C)(C)C(C)(C)C)C(C)CC#CC. The summed E-state index contributed by atoms with van der Waals surface area (Å²) >= 11 is 0. The quantitative estimate of drug-likeness (QED) is 0.394. The Hall–Kier alpha value is -0.523. The highest BCUT2D eigenvalue weighted by Crippen LogP contribution is 2.38. The van der Waals surface area contributed by atoms with Gasteiger partial charge in [-0.2, -0.15) is 0 Å². The van der Waals surface area contributed by atoms with E-state index in [1.54, 1.807) is 0 Å². The summed E-state index contributed by atoms with van der Waals surface area (Å²) in [5.41, 5.74) is 0. The van der Waals surface area contributed by atoms with Crippen molar-refractivity contribution in [3.8, 4) is 11.8 Å². The molecule has 0 rings (SSSR count). The maximum absolute atomic E-state index is 6.36. The Morgan fingerprint density at radius 3 is 2.24 bits per heavy atom. The van der Waals surface area contributed by atoms with Gasteiger partial charge >= 0.3 is 0 Å². The van der Waals surface area contributed by atoms with Gasteiger partial charge in [-0.1, -0.05) is 33.8 Å². The maximum Gasteiger partial charge on any atom is 0.192 e. The van der Waals surface area contributed by atoms with Gasteiger partial charge in [0.05, 0.1) is 6.10 Å². The molecule has 0 saturated heterocycles. The molecule has 0 aliphatic carbocycles. The molecule has 0 N–H and O–H groups in total. The predicted octanol–water partition coefficient (Wildman–Crippen LogP) is 4.61. The highest BCUT2D eigenvalue weighted by Gasteiger charge is 2.39. The molecule has 17 heavy (non-hydrogen) atoms. The highest BCUT2D eigenvalue weighted by molar-refractivity contribution is 6.74. The van der Waals surface area contributed by atoms with Crippen LogP contribution in [0.4, 0.5) is 0 Å². The van der Waals surface area contributed by atoms with Crippen molar-refractivity contribution in [2.24, 2.45) is 5.92 Å². The zero-order chi connectivity index (χ0) is 13.7. The first kappa shape index (κ1) is 16.5. The molecule has 2 heteroatoms. The van der Waals surface area contributed by atoms with E-state index >= 15 is 0 Å². The van der Waals surface area contributed by atoms with Gasteiger partial charge in [0.1, 0.15) is 0 Å². The number of hydrogen-bond donors (Lipinski definition) is 0. The molecule has 0 aliphatic heterocycles. The lowest BCUT2D eigenvalue weighted by molar-refractivity contribution is 0.171. The lowest BCUT2D eigenvalue weighted by Gasteiger charge is -2.39. The van der Waals surface area contributed by atoms with Gasteiger partial charge in [-0.15, -0.1) is 18.4 Å². The molecule has 2 atom stereocenters. The van der Waals surface area contributed by atoms with Crippen LogP contribution < -0.4 is 0 Å². The Labute approximate surface area is 109 Å². The topological polar surface area (TPSA) is 9.23 Å². The third-order valence-corrected chi connectivity index (χ3v) is 8.10. The average Bonchev–Trinajstić information content (AvgIpc) is 2.20. The number of rotatable bonds is 5. The van der Waals surface area contributed by atoms with Crippen LogP contribution in [0.25, 0.3) is 0 Å². The first-order valence-corrected chi connectivity index (χ1v) is 9.26. The van der Waals surface area contributed by atoms with Crippen LogP contribution in [0.2, 0.25) is 18.1 Å². The summed E-state index contributed by atoms with van der Waals surface area (Å²) in [6.45, 7) is 19.3. The Morgan fingerprint density at radius 2 is 1.88 bits per heavy atom. The summed E-state index contributed by atoms with van der Waals surface area (Å²) in [4.78, 5) is 0. The van der Waals surface area contributed by atoms with Gasteiger partial charge in [0.15, 0.2) is 8.32 Å². The van der Waals surface area contributed by atoms with E-state index in [1.165, 1.54) is 0 Å². The van der Waals surface area contributed by atoms with Crippen LogP contribution in [0.5, 0.6) is 0 Å². The first-order valence-electron chi connectivity index (χ1n) is 6.35. The molecule has 0 bridgehead atoms. The molecule has 0 spiro atoms. The van der Waals surface area contributed by atoms with Crippen LogP contribution >= 0.6 is 0 Å². The van der Waals surface area contributed by atoms with Crippen LogP contribution in [0.3, 0.4) is 0 Å². The molecule has 0 aromatic carbocycles. The standard InChI is InChI=1S/C15H28OSi/c1-9-11-12-13(3)14(10-2)16-17(7,8)15(4,5)6/h10,13-14H,2,12H2,1,3-8H3. The van der Waals surface area contributed by atoms with E-state index in [1.807, 2.05) is 13.0 Å². The molecule has 0 aromatic rings. The van der Waals surface area contributed by atoms with Crippen molar-refractivity contribution in [1.29, 1.82) is 0 Å². The van der Waals surface area contributed by atoms with E-state index in [2.05, 4.69) is 59.2 Å². The lowest BCUT2D eigenvalue weighted by atomic mass is 10.0. The van der Waals surface area contributed by atoms with Gasteiger partial charge in [0, 0.05) is 6.42 Å². The van der Waals surface area contributed by atoms with Crippen LogP contribution in [0.15, 0.2) is 12.7 Å². The molecule has 0 aliphatic rings. The summed E-state index contributed by atoms with van der Waals surface area (Å²) in [5.74, 6) is 6.48. The molecule has 1 nitrogen and oxygen atoms in total. The second kappa shape index (κ2) is 6.42. The van der Waals surface area contributed by atoms with Crippen molar-refractivity contribution in [1.82, 2.24) is 0 Å². The van der Waals surface area contributed by atoms with Crippen molar-refractivity contribution >= 4 is 8.32 Å². The van der Waals surface area contributed by atoms with Crippen molar-refractivity contribution < 1.29 is 4.43 Å². The fourth-order valence-electron chi connectivity index (χ4n) is 1.29. The highest BCUT2D eigenvalue weighted by atomic mass is 28.4. The largest absolute Gasteiger partial charge is 0.410 e. The Morgan fingerprint density at radius 1 is 1.35 bits per heavy atom. The van der Waals surface area contributed by atoms with Gasteiger partial charge in [-0.25, -0.2) is 0 Å². The van der Waals surface area contributed by atoms with Crippen LogP contribution in [0, 0.1) is 17.8 Å². The van der Waals surface area contributed by atoms with E-state index in [0.717, 1.165) is 6.42 Å². The van der Waals surface area contributed by atoms with Crippen molar-refractivity contribution in [3.05, 3.63) is 12.7 Å². The third kappa shape index (κ3) is 5.10. The van der Waals surface area contributed by atoms with Gasteiger partial charge in [0.2, 0.25) is 0 Å². The van der Waals surface area contributed by atoms with Crippen molar-refractivity contribution in [2.45, 2.75) is 65.3 Å². The summed E-state index contributed by atoms with van der Waals surface area (Å²) in [7, 11) is -1.71. The van der Waals surface area contributed by atoms with Gasteiger partial charge in [-0.3, -0.25) is 0 Å². The van der Waals surface area contributed by atoms with Gasteiger partial charge in [0.25, 0.3) is 0 Å². The van der Waals surface area contributed by atoms with E-state index in [-0.39, 0.29) is 11.1 Å². The summed E-state index contributed by atoms with van der Waals surface area (Å²) < 4.78 is 6.36. The van der Waals surface area contributed by atoms with Gasteiger partial charge in [-0.05, 0) is 31.0 Å². The first-order chi connectivity index (χ1) is 7.65. The van der Waals surface area contributed by atoms with E-state index < -0.39 is 8.32 Å². The van der Waals surface area contributed by atoms with Crippen molar-refractivity contribution in [2.75, 3.05) is 0 Å². The zero-order valence-electron chi connectivity index (χ0n) is 12.6. The fourth-order valence-corrected chi connectivity index (χ4v) is 2.66. The Bertz CT molecular complexity index is 301. The molecule has 2 unspecified atom stereocenters. The zero-order valence-corrected chi connectivity index (χ0v) is 13.6. The van der Waals surface area contributed by atoms with Crippen molar-refractivity contribution in [3.63, 3.8) is 0 Å². The number of hydrogen-bond acceptors (Lipinski definition) is 1. The van der Waals surface area contributed by atoms with Crippen LogP contribution in [-0.4, -0.2) is 14.4 Å². The minimum Gasteiger partial charge on any atom is -0.410 e. The molecular formula is C15H28OSi. The molecule has 0 aromatic heterocycles. The molecule has 0 heterocycles. The van der Waals surface area contributed by atoms with E-state index in [9.17, 15) is 0 Å². The lowest BCUT2D eigenvalue weighted by Crippen LogP contribution is -2.44. The van der Waals surface area contributed by atoms with E-state index in [4.69, 9.17) is 4.43 Å². The van der Waals surface area contributed by atoms with Crippen LogP contribution in [-0.2, 0) is 4.43 Å². The average molecular weight is 252 g/mol. The fraction of sp³-hybridized carbons (Fsp3) is 0.733. The van der Waals surface area contributed by atoms with Gasteiger partial charge < -0.3 is 4.43 Å². The monoisotopic (exact) mass is 252 g/mol. The molecule has 0 radical (unpaired) electrons. The van der Waals surface area contributed by atoms with E-state index in [0.29, 0.717) is 5.92 Å². The maximum atomic E-state index is 6.36.